The first-order chi connectivity index (χ1) is 6.61. The van der Waals surface area contributed by atoms with E-state index in [9.17, 15) is 8.78 Å². The highest BCUT2D eigenvalue weighted by Gasteiger charge is 2.14. The van der Waals surface area contributed by atoms with E-state index in [-0.39, 0.29) is 5.56 Å². The zero-order chi connectivity index (χ0) is 10.3. The highest BCUT2D eigenvalue weighted by atomic mass is 32.1. The Morgan fingerprint density at radius 1 is 1.21 bits per heavy atom. The van der Waals surface area contributed by atoms with Gasteiger partial charge in [0.2, 0.25) is 0 Å². The maximum absolute atomic E-state index is 12.6. The number of benzene rings is 1. The van der Waals surface area contributed by atoms with E-state index in [1.54, 1.807) is 24.3 Å². The maximum atomic E-state index is 12.6. The van der Waals surface area contributed by atoms with Crippen LogP contribution in [-0.2, 0) is 0 Å². The van der Waals surface area contributed by atoms with Crippen LogP contribution >= 0.6 is 11.3 Å². The van der Waals surface area contributed by atoms with Crippen molar-refractivity contribution in [3.8, 4) is 0 Å². The maximum Gasteiger partial charge on any atom is 0.264 e. The second-order valence-corrected chi connectivity index (χ2v) is 4.27. The molecule has 0 aliphatic heterocycles. The lowest BCUT2D eigenvalue weighted by Crippen LogP contribution is -1.92. The molecule has 0 unspecified atom stereocenters. The van der Waals surface area contributed by atoms with Gasteiger partial charge < -0.3 is 0 Å². The van der Waals surface area contributed by atoms with Crippen LogP contribution < -0.4 is 0 Å². The fourth-order valence-corrected chi connectivity index (χ4v) is 2.57. The zero-order valence-corrected chi connectivity index (χ0v) is 8.79. The highest BCUT2D eigenvalue weighted by molar-refractivity contribution is 7.17. The van der Waals surface area contributed by atoms with Crippen LogP contribution in [0.4, 0.5) is 8.78 Å². The zero-order valence-electron chi connectivity index (χ0n) is 7.97. The molecule has 0 aliphatic carbocycles. The standard InChI is InChI=1S/C11H10F2S/c1-6-7(2)10-8(3-4-14-10)5-9(6)11(12)13/h3-5,11H,1-2H3. The number of hydrogen-bond donors (Lipinski definition) is 0. The Morgan fingerprint density at radius 2 is 1.93 bits per heavy atom. The summed E-state index contributed by atoms with van der Waals surface area (Å²) < 4.78 is 26.4. The van der Waals surface area contributed by atoms with Crippen molar-refractivity contribution in [3.05, 3.63) is 34.2 Å². The first-order valence-corrected chi connectivity index (χ1v) is 5.24. The first-order valence-electron chi connectivity index (χ1n) is 4.36. The van der Waals surface area contributed by atoms with Crippen molar-refractivity contribution < 1.29 is 8.78 Å². The van der Waals surface area contributed by atoms with E-state index < -0.39 is 6.43 Å². The molecule has 2 rings (SSSR count). The fourth-order valence-electron chi connectivity index (χ4n) is 1.63. The third-order valence-corrected chi connectivity index (χ3v) is 3.63. The predicted octanol–water partition coefficient (Wildman–Crippen LogP) is 4.46. The van der Waals surface area contributed by atoms with Crippen molar-refractivity contribution >= 4 is 21.4 Å². The Morgan fingerprint density at radius 3 is 2.57 bits per heavy atom. The van der Waals surface area contributed by atoms with E-state index in [0.717, 1.165) is 21.2 Å². The minimum absolute atomic E-state index is 0.161. The summed E-state index contributed by atoms with van der Waals surface area (Å²) in [6.45, 7) is 3.66. The van der Waals surface area contributed by atoms with Crippen LogP contribution in [-0.4, -0.2) is 0 Å². The average molecular weight is 212 g/mol. The molecule has 0 spiro atoms. The molecule has 0 nitrogen and oxygen atoms in total. The molecular formula is C11H10F2S. The van der Waals surface area contributed by atoms with Crippen LogP contribution in [0.5, 0.6) is 0 Å². The molecule has 1 heterocycles. The largest absolute Gasteiger partial charge is 0.264 e. The highest BCUT2D eigenvalue weighted by Crippen LogP contribution is 2.33. The second kappa shape index (κ2) is 3.31. The number of halogens is 2. The van der Waals surface area contributed by atoms with Crippen LogP contribution in [0.1, 0.15) is 23.1 Å². The van der Waals surface area contributed by atoms with Gasteiger partial charge in [-0.05, 0) is 47.9 Å². The van der Waals surface area contributed by atoms with Crippen molar-refractivity contribution in [2.24, 2.45) is 0 Å². The summed E-state index contributed by atoms with van der Waals surface area (Å²) in [6.07, 6.45) is -2.38. The van der Waals surface area contributed by atoms with Gasteiger partial charge in [0.15, 0.2) is 0 Å². The summed E-state index contributed by atoms with van der Waals surface area (Å²) in [6, 6.07) is 3.48. The Bertz CT molecular complexity index is 471. The van der Waals surface area contributed by atoms with Crippen LogP contribution in [0, 0.1) is 13.8 Å². The molecule has 0 radical (unpaired) electrons. The van der Waals surface area contributed by atoms with Gasteiger partial charge in [0, 0.05) is 10.3 Å². The number of thiophene rings is 1. The fraction of sp³-hybridized carbons (Fsp3) is 0.273. The molecule has 0 saturated heterocycles. The van der Waals surface area contributed by atoms with E-state index in [4.69, 9.17) is 0 Å². The summed E-state index contributed by atoms with van der Waals surface area (Å²) in [5.74, 6) is 0. The lowest BCUT2D eigenvalue weighted by molar-refractivity contribution is 0.150. The lowest BCUT2D eigenvalue weighted by Gasteiger charge is -2.08. The minimum atomic E-state index is -2.38. The van der Waals surface area contributed by atoms with Gasteiger partial charge in [-0.25, -0.2) is 8.78 Å². The number of aryl methyl sites for hydroxylation is 1. The van der Waals surface area contributed by atoms with Gasteiger partial charge in [0.05, 0.1) is 0 Å². The molecule has 2 aromatic rings. The Balaban J connectivity index is 2.80. The third kappa shape index (κ3) is 1.32. The molecule has 74 valence electrons. The molecule has 0 atom stereocenters. The monoisotopic (exact) mass is 212 g/mol. The quantitative estimate of drug-likeness (QED) is 0.654. The van der Waals surface area contributed by atoms with Crippen molar-refractivity contribution in [3.63, 3.8) is 0 Å². The summed E-state index contributed by atoms with van der Waals surface area (Å²) in [5, 5.41) is 2.86. The van der Waals surface area contributed by atoms with Crippen LogP contribution in [0.25, 0.3) is 10.1 Å². The van der Waals surface area contributed by atoms with Crippen LogP contribution in [0.2, 0.25) is 0 Å². The van der Waals surface area contributed by atoms with E-state index in [0.29, 0.717) is 0 Å². The van der Waals surface area contributed by atoms with Gasteiger partial charge in [-0.3, -0.25) is 0 Å². The predicted molar refractivity (Wildman–Crippen MR) is 56.3 cm³/mol. The SMILES string of the molecule is Cc1c(C(F)F)cc2ccsc2c1C. The Hall–Kier alpha value is -0.960. The number of rotatable bonds is 1. The van der Waals surface area contributed by atoms with Crippen molar-refractivity contribution in [2.75, 3.05) is 0 Å². The molecule has 1 aromatic carbocycles. The number of fused-ring (bicyclic) bond motifs is 1. The molecule has 0 N–H and O–H groups in total. The summed E-state index contributed by atoms with van der Waals surface area (Å²) >= 11 is 1.60. The summed E-state index contributed by atoms with van der Waals surface area (Å²) in [5.41, 5.74) is 1.86. The van der Waals surface area contributed by atoms with Crippen LogP contribution in [0.3, 0.4) is 0 Å². The third-order valence-electron chi connectivity index (χ3n) is 2.58. The molecule has 14 heavy (non-hydrogen) atoms. The molecule has 0 fully saturated rings. The van der Waals surface area contributed by atoms with Crippen molar-refractivity contribution in [1.29, 1.82) is 0 Å². The van der Waals surface area contributed by atoms with Crippen molar-refractivity contribution in [2.45, 2.75) is 20.3 Å². The normalized spacial score (nSPS) is 11.5. The Labute approximate surface area is 85.2 Å². The minimum Gasteiger partial charge on any atom is -0.205 e. The molecule has 3 heteroatoms. The van der Waals surface area contributed by atoms with Gasteiger partial charge in [-0.2, -0.15) is 0 Å². The van der Waals surface area contributed by atoms with Gasteiger partial charge in [0.25, 0.3) is 6.43 Å². The summed E-state index contributed by atoms with van der Waals surface area (Å²) in [7, 11) is 0. The molecule has 1 aromatic heterocycles. The number of hydrogen-bond acceptors (Lipinski definition) is 1. The van der Waals surface area contributed by atoms with E-state index in [1.807, 2.05) is 18.4 Å². The molecule has 0 aliphatic rings. The van der Waals surface area contributed by atoms with Gasteiger partial charge in [-0.15, -0.1) is 11.3 Å². The van der Waals surface area contributed by atoms with Gasteiger partial charge in [0.1, 0.15) is 0 Å². The van der Waals surface area contributed by atoms with Crippen molar-refractivity contribution in [1.82, 2.24) is 0 Å². The van der Waals surface area contributed by atoms with Gasteiger partial charge >= 0.3 is 0 Å². The average Bonchev–Trinajstić information content (AvgIpc) is 2.58. The molecule has 0 bridgehead atoms. The smallest absolute Gasteiger partial charge is 0.205 e. The van der Waals surface area contributed by atoms with E-state index in [2.05, 4.69) is 0 Å². The second-order valence-electron chi connectivity index (χ2n) is 3.36. The molecule has 0 saturated carbocycles. The molecule has 0 amide bonds. The number of alkyl halides is 2. The Kier molecular flexibility index (Phi) is 2.27. The van der Waals surface area contributed by atoms with E-state index in [1.165, 1.54) is 0 Å². The lowest BCUT2D eigenvalue weighted by atomic mass is 10.0. The van der Waals surface area contributed by atoms with E-state index >= 15 is 0 Å². The molecular weight excluding hydrogens is 202 g/mol. The topological polar surface area (TPSA) is 0 Å². The summed E-state index contributed by atoms with van der Waals surface area (Å²) in [4.78, 5) is 0. The first kappa shape index (κ1) is 9.59. The van der Waals surface area contributed by atoms with Gasteiger partial charge in [-0.1, -0.05) is 0 Å². The van der Waals surface area contributed by atoms with Crippen LogP contribution in [0.15, 0.2) is 17.5 Å².